The lowest BCUT2D eigenvalue weighted by Crippen LogP contribution is -2.26. The summed E-state index contributed by atoms with van der Waals surface area (Å²) in [5.41, 5.74) is 1.43. The van der Waals surface area contributed by atoms with Gasteiger partial charge < -0.3 is 9.47 Å². The Morgan fingerprint density at radius 2 is 2.36 bits per heavy atom. The molecule has 2 heterocycles. The number of hydrogen-bond donors (Lipinski definition) is 0. The predicted octanol–water partition coefficient (Wildman–Crippen LogP) is 1.72. The molecule has 2 heteroatoms. The van der Waals surface area contributed by atoms with Gasteiger partial charge in [0.15, 0.2) is 6.29 Å². The van der Waals surface area contributed by atoms with E-state index in [1.54, 1.807) is 0 Å². The summed E-state index contributed by atoms with van der Waals surface area (Å²) in [6.45, 7) is 3.74. The van der Waals surface area contributed by atoms with E-state index in [4.69, 9.17) is 9.47 Å². The molecule has 2 aliphatic rings. The molecule has 2 unspecified atom stereocenters. The molecule has 2 aliphatic heterocycles. The van der Waals surface area contributed by atoms with Crippen LogP contribution in [0.3, 0.4) is 0 Å². The van der Waals surface area contributed by atoms with Crippen LogP contribution in [0, 0.1) is 5.92 Å². The molecule has 0 radical (unpaired) electrons. The maximum atomic E-state index is 5.47. The average molecular weight is 154 g/mol. The highest BCUT2D eigenvalue weighted by Gasteiger charge is 2.34. The minimum absolute atomic E-state index is 0.0787. The van der Waals surface area contributed by atoms with E-state index in [0.717, 1.165) is 13.2 Å². The van der Waals surface area contributed by atoms with Gasteiger partial charge in [0.2, 0.25) is 0 Å². The van der Waals surface area contributed by atoms with E-state index in [1.807, 2.05) is 0 Å². The molecule has 0 aromatic carbocycles. The van der Waals surface area contributed by atoms with Gasteiger partial charge in [0.1, 0.15) is 0 Å². The molecule has 2 atom stereocenters. The van der Waals surface area contributed by atoms with Crippen LogP contribution in [-0.2, 0) is 9.47 Å². The first-order valence-electron chi connectivity index (χ1n) is 4.30. The normalized spacial score (nSPS) is 41.0. The van der Waals surface area contributed by atoms with Gasteiger partial charge in [-0.25, -0.2) is 0 Å². The zero-order valence-electron chi connectivity index (χ0n) is 6.88. The first-order chi connectivity index (χ1) is 5.42. The zero-order valence-corrected chi connectivity index (χ0v) is 6.88. The molecule has 0 aromatic heterocycles. The Morgan fingerprint density at radius 3 is 3.18 bits per heavy atom. The molecule has 0 saturated carbocycles. The van der Waals surface area contributed by atoms with E-state index >= 15 is 0 Å². The fourth-order valence-electron chi connectivity index (χ4n) is 1.86. The van der Waals surface area contributed by atoms with Crippen molar-refractivity contribution in [2.24, 2.45) is 5.92 Å². The van der Waals surface area contributed by atoms with E-state index in [1.165, 1.54) is 18.4 Å². The van der Waals surface area contributed by atoms with Crippen molar-refractivity contribution in [3.63, 3.8) is 0 Å². The molecule has 0 spiro atoms. The average Bonchev–Trinajstić information content (AvgIpc) is 2.47. The molecular formula is C9H14O2. The Morgan fingerprint density at radius 1 is 1.45 bits per heavy atom. The summed E-state index contributed by atoms with van der Waals surface area (Å²) in [4.78, 5) is 0. The van der Waals surface area contributed by atoms with Gasteiger partial charge in [0, 0.05) is 12.5 Å². The Balaban J connectivity index is 2.10. The standard InChI is InChI=1S/C9H14O2/c1-2-7-6-11-9-8(7)4-3-5-10-9/h2,8-9H,3-6H2,1H3/b7-2+. The van der Waals surface area contributed by atoms with E-state index in [9.17, 15) is 0 Å². The molecule has 62 valence electrons. The Hall–Kier alpha value is -0.340. The molecule has 0 aliphatic carbocycles. The van der Waals surface area contributed by atoms with Crippen molar-refractivity contribution in [1.29, 1.82) is 0 Å². The van der Waals surface area contributed by atoms with E-state index < -0.39 is 0 Å². The molecule has 2 fully saturated rings. The van der Waals surface area contributed by atoms with Crippen molar-refractivity contribution >= 4 is 0 Å². The van der Waals surface area contributed by atoms with E-state index in [2.05, 4.69) is 13.0 Å². The monoisotopic (exact) mass is 154 g/mol. The molecule has 0 amide bonds. The summed E-state index contributed by atoms with van der Waals surface area (Å²) >= 11 is 0. The topological polar surface area (TPSA) is 18.5 Å². The number of rotatable bonds is 0. The van der Waals surface area contributed by atoms with Crippen molar-refractivity contribution in [1.82, 2.24) is 0 Å². The van der Waals surface area contributed by atoms with Crippen LogP contribution in [0.5, 0.6) is 0 Å². The van der Waals surface area contributed by atoms with Gasteiger partial charge >= 0.3 is 0 Å². The van der Waals surface area contributed by atoms with Crippen LogP contribution in [0.4, 0.5) is 0 Å². The van der Waals surface area contributed by atoms with Gasteiger partial charge in [-0.1, -0.05) is 6.08 Å². The van der Waals surface area contributed by atoms with Gasteiger partial charge in [-0.2, -0.15) is 0 Å². The van der Waals surface area contributed by atoms with E-state index in [0.29, 0.717) is 5.92 Å². The quantitative estimate of drug-likeness (QED) is 0.494. The highest BCUT2D eigenvalue weighted by atomic mass is 16.7. The van der Waals surface area contributed by atoms with Crippen LogP contribution < -0.4 is 0 Å². The smallest absolute Gasteiger partial charge is 0.164 e. The second-order valence-corrected chi connectivity index (χ2v) is 3.16. The fourth-order valence-corrected chi connectivity index (χ4v) is 1.86. The van der Waals surface area contributed by atoms with Gasteiger partial charge in [-0.15, -0.1) is 0 Å². The molecular weight excluding hydrogens is 140 g/mol. The molecule has 2 rings (SSSR count). The van der Waals surface area contributed by atoms with Crippen molar-refractivity contribution < 1.29 is 9.47 Å². The number of hydrogen-bond acceptors (Lipinski definition) is 2. The highest BCUT2D eigenvalue weighted by Crippen LogP contribution is 2.33. The minimum atomic E-state index is 0.0787. The number of ether oxygens (including phenoxy) is 2. The van der Waals surface area contributed by atoms with Gasteiger partial charge in [0.25, 0.3) is 0 Å². The molecule has 11 heavy (non-hydrogen) atoms. The van der Waals surface area contributed by atoms with Crippen LogP contribution in [0.15, 0.2) is 11.6 Å². The third-order valence-electron chi connectivity index (χ3n) is 2.53. The van der Waals surface area contributed by atoms with Crippen LogP contribution in [0.25, 0.3) is 0 Å². The van der Waals surface area contributed by atoms with Crippen molar-refractivity contribution in [3.8, 4) is 0 Å². The van der Waals surface area contributed by atoms with Crippen LogP contribution in [0.2, 0.25) is 0 Å². The second-order valence-electron chi connectivity index (χ2n) is 3.16. The van der Waals surface area contributed by atoms with Crippen molar-refractivity contribution in [2.75, 3.05) is 13.2 Å². The molecule has 0 bridgehead atoms. The maximum absolute atomic E-state index is 5.47. The molecule has 0 N–H and O–H groups in total. The fraction of sp³-hybridized carbons (Fsp3) is 0.778. The lowest BCUT2D eigenvalue weighted by atomic mass is 9.94. The van der Waals surface area contributed by atoms with Crippen LogP contribution in [-0.4, -0.2) is 19.5 Å². The van der Waals surface area contributed by atoms with Gasteiger partial charge in [-0.3, -0.25) is 0 Å². The maximum Gasteiger partial charge on any atom is 0.164 e. The number of allylic oxidation sites excluding steroid dienone is 1. The molecule has 2 saturated heterocycles. The summed E-state index contributed by atoms with van der Waals surface area (Å²) in [5.74, 6) is 0.564. The predicted molar refractivity (Wildman–Crippen MR) is 42.2 cm³/mol. The SMILES string of the molecule is C/C=C1\COC2OCCCC12. The third-order valence-corrected chi connectivity index (χ3v) is 2.53. The first kappa shape index (κ1) is 7.32. The summed E-state index contributed by atoms with van der Waals surface area (Å²) in [5, 5.41) is 0. The lowest BCUT2D eigenvalue weighted by molar-refractivity contribution is -0.150. The van der Waals surface area contributed by atoms with Crippen LogP contribution in [0.1, 0.15) is 19.8 Å². The highest BCUT2D eigenvalue weighted by molar-refractivity contribution is 5.11. The summed E-state index contributed by atoms with van der Waals surface area (Å²) in [6, 6.07) is 0. The molecule has 2 nitrogen and oxygen atoms in total. The largest absolute Gasteiger partial charge is 0.352 e. The first-order valence-corrected chi connectivity index (χ1v) is 4.30. The van der Waals surface area contributed by atoms with Crippen LogP contribution >= 0.6 is 0 Å². The Bertz CT molecular complexity index is 174. The van der Waals surface area contributed by atoms with Crippen molar-refractivity contribution in [3.05, 3.63) is 11.6 Å². The second kappa shape index (κ2) is 2.95. The summed E-state index contributed by atoms with van der Waals surface area (Å²) in [7, 11) is 0. The zero-order chi connectivity index (χ0) is 7.68. The van der Waals surface area contributed by atoms with E-state index in [-0.39, 0.29) is 6.29 Å². The minimum Gasteiger partial charge on any atom is -0.352 e. The summed E-state index contributed by atoms with van der Waals surface area (Å²) in [6.07, 6.45) is 4.67. The summed E-state index contributed by atoms with van der Waals surface area (Å²) < 4.78 is 10.9. The lowest BCUT2D eigenvalue weighted by Gasteiger charge is -2.24. The third kappa shape index (κ3) is 1.21. The number of fused-ring (bicyclic) bond motifs is 1. The Labute approximate surface area is 67.2 Å². The Kier molecular flexibility index (Phi) is 1.96. The molecule has 0 aromatic rings. The van der Waals surface area contributed by atoms with Gasteiger partial charge in [0.05, 0.1) is 6.61 Å². The van der Waals surface area contributed by atoms with Crippen molar-refractivity contribution in [2.45, 2.75) is 26.1 Å². The van der Waals surface area contributed by atoms with Gasteiger partial charge in [-0.05, 0) is 25.3 Å².